The van der Waals surface area contributed by atoms with E-state index < -0.39 is 0 Å². The van der Waals surface area contributed by atoms with Crippen molar-refractivity contribution in [3.8, 4) is 5.75 Å². The molecule has 1 amide bonds. The Morgan fingerprint density at radius 1 is 1.39 bits per heavy atom. The lowest BCUT2D eigenvalue weighted by atomic mass is 10.3. The van der Waals surface area contributed by atoms with Crippen LogP contribution in [0.15, 0.2) is 42.7 Å². The molecule has 5 heteroatoms. The van der Waals surface area contributed by atoms with Crippen LogP contribution in [0.2, 0.25) is 0 Å². The zero-order chi connectivity index (χ0) is 12.8. The van der Waals surface area contributed by atoms with Gasteiger partial charge in [0.25, 0.3) is 5.91 Å². The molecular weight excluding hydrogens is 230 g/mol. The van der Waals surface area contributed by atoms with Crippen LogP contribution in [0.5, 0.6) is 5.75 Å². The Hall–Kier alpha value is -2.30. The second-order valence-corrected chi connectivity index (χ2v) is 3.89. The van der Waals surface area contributed by atoms with Crippen LogP contribution in [0.3, 0.4) is 0 Å². The maximum absolute atomic E-state index is 11.8. The first-order valence-electron chi connectivity index (χ1n) is 5.66. The minimum absolute atomic E-state index is 0.0290. The van der Waals surface area contributed by atoms with E-state index >= 15 is 0 Å². The van der Waals surface area contributed by atoms with Gasteiger partial charge in [-0.2, -0.15) is 0 Å². The third-order valence-corrected chi connectivity index (χ3v) is 2.47. The summed E-state index contributed by atoms with van der Waals surface area (Å²) in [6.45, 7) is 0.477. The van der Waals surface area contributed by atoms with Gasteiger partial charge in [0, 0.05) is 19.4 Å². The van der Waals surface area contributed by atoms with E-state index in [0.717, 1.165) is 5.82 Å². The van der Waals surface area contributed by atoms with Crippen LogP contribution >= 0.6 is 0 Å². The van der Waals surface area contributed by atoms with Crippen molar-refractivity contribution < 1.29 is 9.53 Å². The molecule has 0 bridgehead atoms. The number of carbonyl (C=O) groups is 1. The summed E-state index contributed by atoms with van der Waals surface area (Å²) in [6, 6.07) is 9.27. The van der Waals surface area contributed by atoms with Crippen LogP contribution in [-0.2, 0) is 11.3 Å². The molecule has 2 aromatic rings. The standard InChI is InChI=1S/C13H15N3O2/c1-16(9-12-14-7-8-15-12)13(17)10-18-11-5-3-2-4-6-11/h2-8H,9-10H2,1H3,(H,14,15). The number of H-pyrrole nitrogens is 1. The Kier molecular flexibility index (Phi) is 3.96. The zero-order valence-corrected chi connectivity index (χ0v) is 10.2. The molecule has 5 nitrogen and oxygen atoms in total. The molecule has 0 fully saturated rings. The first-order valence-corrected chi connectivity index (χ1v) is 5.66. The van der Waals surface area contributed by atoms with E-state index in [0.29, 0.717) is 12.3 Å². The maximum atomic E-state index is 11.8. The van der Waals surface area contributed by atoms with Gasteiger partial charge in [0.2, 0.25) is 0 Å². The lowest BCUT2D eigenvalue weighted by Gasteiger charge is -2.16. The molecule has 1 aromatic heterocycles. The fourth-order valence-corrected chi connectivity index (χ4v) is 1.47. The second-order valence-electron chi connectivity index (χ2n) is 3.89. The van der Waals surface area contributed by atoms with Crippen molar-refractivity contribution in [2.24, 2.45) is 0 Å². The highest BCUT2D eigenvalue weighted by Gasteiger charge is 2.10. The van der Waals surface area contributed by atoms with Crippen LogP contribution < -0.4 is 4.74 Å². The van der Waals surface area contributed by atoms with E-state index in [1.807, 2.05) is 30.3 Å². The van der Waals surface area contributed by atoms with Gasteiger partial charge >= 0.3 is 0 Å². The number of hydrogen-bond acceptors (Lipinski definition) is 3. The molecular formula is C13H15N3O2. The van der Waals surface area contributed by atoms with E-state index in [-0.39, 0.29) is 12.5 Å². The van der Waals surface area contributed by atoms with Gasteiger partial charge in [-0.25, -0.2) is 4.98 Å². The quantitative estimate of drug-likeness (QED) is 0.867. The number of aromatic nitrogens is 2. The number of carbonyl (C=O) groups excluding carboxylic acids is 1. The number of ether oxygens (including phenoxy) is 1. The van der Waals surface area contributed by atoms with Crippen LogP contribution in [0.25, 0.3) is 0 Å². The monoisotopic (exact) mass is 245 g/mol. The summed E-state index contributed by atoms with van der Waals surface area (Å²) in [5.74, 6) is 1.36. The highest BCUT2D eigenvalue weighted by atomic mass is 16.5. The Bertz CT molecular complexity index is 482. The molecule has 0 saturated carbocycles. The van der Waals surface area contributed by atoms with Crippen LogP contribution in [0.1, 0.15) is 5.82 Å². The van der Waals surface area contributed by atoms with Gasteiger partial charge in [0.15, 0.2) is 6.61 Å². The molecule has 1 N–H and O–H groups in total. The maximum Gasteiger partial charge on any atom is 0.260 e. The summed E-state index contributed by atoms with van der Waals surface area (Å²) in [4.78, 5) is 20.4. The van der Waals surface area contributed by atoms with Gasteiger partial charge in [0.05, 0.1) is 6.54 Å². The van der Waals surface area contributed by atoms with Crippen molar-refractivity contribution in [1.29, 1.82) is 0 Å². The van der Waals surface area contributed by atoms with Crippen molar-refractivity contribution in [2.75, 3.05) is 13.7 Å². The number of nitrogens with zero attached hydrogens (tertiary/aromatic N) is 2. The van der Waals surface area contributed by atoms with Gasteiger partial charge in [-0.15, -0.1) is 0 Å². The summed E-state index contributed by atoms with van der Waals surface area (Å²) >= 11 is 0. The predicted octanol–water partition coefficient (Wildman–Crippen LogP) is 1.45. The molecule has 0 aliphatic rings. The number of aromatic amines is 1. The molecule has 2 rings (SSSR count). The van der Waals surface area contributed by atoms with Crippen molar-refractivity contribution in [2.45, 2.75) is 6.54 Å². The van der Waals surface area contributed by atoms with E-state index in [1.54, 1.807) is 24.3 Å². The van der Waals surface area contributed by atoms with E-state index in [1.165, 1.54) is 0 Å². The summed E-state index contributed by atoms with van der Waals surface area (Å²) < 4.78 is 5.39. The highest BCUT2D eigenvalue weighted by molar-refractivity contribution is 5.77. The number of amides is 1. The highest BCUT2D eigenvalue weighted by Crippen LogP contribution is 2.08. The molecule has 0 radical (unpaired) electrons. The first kappa shape index (κ1) is 12.2. The van der Waals surface area contributed by atoms with Gasteiger partial charge in [0.1, 0.15) is 11.6 Å². The number of likely N-dealkylation sites (N-methyl/N-ethyl adjacent to an activating group) is 1. The smallest absolute Gasteiger partial charge is 0.260 e. The molecule has 0 atom stereocenters. The first-order chi connectivity index (χ1) is 8.75. The largest absolute Gasteiger partial charge is 0.484 e. The molecule has 1 aromatic carbocycles. The van der Waals surface area contributed by atoms with Crippen LogP contribution in [-0.4, -0.2) is 34.4 Å². The summed E-state index contributed by atoms with van der Waals surface area (Å²) in [5, 5.41) is 0. The Morgan fingerprint density at radius 3 is 2.83 bits per heavy atom. The van der Waals surface area contributed by atoms with E-state index in [2.05, 4.69) is 9.97 Å². The fraction of sp³-hybridized carbons (Fsp3) is 0.231. The SMILES string of the molecule is CN(Cc1ncc[nH]1)C(=O)COc1ccccc1. The number of para-hydroxylation sites is 1. The number of benzene rings is 1. The average Bonchev–Trinajstić information content (AvgIpc) is 2.90. The Labute approximate surface area is 105 Å². The summed E-state index contributed by atoms with van der Waals surface area (Å²) in [6.07, 6.45) is 3.39. The normalized spacial score (nSPS) is 10.1. The van der Waals surface area contributed by atoms with Crippen molar-refractivity contribution in [3.63, 3.8) is 0 Å². The Morgan fingerprint density at radius 2 is 2.17 bits per heavy atom. The third-order valence-electron chi connectivity index (χ3n) is 2.47. The topological polar surface area (TPSA) is 58.2 Å². The number of rotatable bonds is 5. The minimum atomic E-state index is -0.0877. The van der Waals surface area contributed by atoms with E-state index in [4.69, 9.17) is 4.74 Å². The van der Waals surface area contributed by atoms with Crippen molar-refractivity contribution >= 4 is 5.91 Å². The minimum Gasteiger partial charge on any atom is -0.484 e. The molecule has 1 heterocycles. The molecule has 0 aliphatic heterocycles. The molecule has 0 aliphatic carbocycles. The predicted molar refractivity (Wildman–Crippen MR) is 67.0 cm³/mol. The zero-order valence-electron chi connectivity index (χ0n) is 10.2. The lowest BCUT2D eigenvalue weighted by Crippen LogP contribution is -2.31. The van der Waals surface area contributed by atoms with Crippen molar-refractivity contribution in [3.05, 3.63) is 48.5 Å². The number of hydrogen-bond donors (Lipinski definition) is 1. The van der Waals surface area contributed by atoms with Gasteiger partial charge in [-0.1, -0.05) is 18.2 Å². The van der Waals surface area contributed by atoms with Crippen LogP contribution in [0, 0.1) is 0 Å². The Balaban J connectivity index is 1.81. The van der Waals surface area contributed by atoms with Gasteiger partial charge in [-0.3, -0.25) is 4.79 Å². The summed E-state index contributed by atoms with van der Waals surface area (Å²) in [5.41, 5.74) is 0. The average molecular weight is 245 g/mol. The van der Waals surface area contributed by atoms with Crippen LogP contribution in [0.4, 0.5) is 0 Å². The van der Waals surface area contributed by atoms with Gasteiger partial charge < -0.3 is 14.6 Å². The van der Waals surface area contributed by atoms with E-state index in [9.17, 15) is 4.79 Å². The molecule has 18 heavy (non-hydrogen) atoms. The second kappa shape index (κ2) is 5.86. The lowest BCUT2D eigenvalue weighted by molar-refractivity contribution is -0.132. The molecule has 94 valence electrons. The van der Waals surface area contributed by atoms with Gasteiger partial charge in [-0.05, 0) is 12.1 Å². The molecule has 0 unspecified atom stereocenters. The van der Waals surface area contributed by atoms with Crippen molar-refractivity contribution in [1.82, 2.24) is 14.9 Å². The number of nitrogens with one attached hydrogen (secondary N) is 1. The summed E-state index contributed by atoms with van der Waals surface area (Å²) in [7, 11) is 1.72. The number of imidazole rings is 1. The fourth-order valence-electron chi connectivity index (χ4n) is 1.47. The third kappa shape index (κ3) is 3.35. The molecule has 0 spiro atoms. The molecule has 0 saturated heterocycles.